The number of halogens is 1. The zero-order valence-corrected chi connectivity index (χ0v) is 17.4. The van der Waals surface area contributed by atoms with Crippen LogP contribution in [0.1, 0.15) is 28.9 Å². The first-order valence-corrected chi connectivity index (χ1v) is 10.6. The molecule has 142 valence electrons. The molecule has 27 heavy (non-hydrogen) atoms. The fraction of sp³-hybridized carbons (Fsp3) is 0.350. The highest BCUT2D eigenvalue weighted by molar-refractivity contribution is 9.11. The molecular weight excluding hydrogens is 428 g/mol. The van der Waals surface area contributed by atoms with Crippen LogP contribution in [0.25, 0.3) is 10.2 Å². The number of amides is 1. The lowest BCUT2D eigenvalue weighted by molar-refractivity contribution is 0.0851. The molecule has 0 unspecified atom stereocenters. The van der Waals surface area contributed by atoms with E-state index in [1.165, 1.54) is 0 Å². The van der Waals surface area contributed by atoms with Gasteiger partial charge in [-0.1, -0.05) is 12.1 Å². The van der Waals surface area contributed by atoms with E-state index < -0.39 is 0 Å². The molecule has 1 amide bonds. The van der Waals surface area contributed by atoms with Crippen LogP contribution in [0.5, 0.6) is 5.75 Å². The topological polar surface area (TPSA) is 52.5 Å². The van der Waals surface area contributed by atoms with E-state index in [2.05, 4.69) is 31.9 Å². The Hall–Kier alpha value is -1.83. The van der Waals surface area contributed by atoms with Crippen LogP contribution in [0, 0.1) is 0 Å². The van der Waals surface area contributed by atoms with Gasteiger partial charge in [0.05, 0.1) is 27.2 Å². The van der Waals surface area contributed by atoms with Crippen LogP contribution in [-0.4, -0.2) is 36.8 Å². The van der Waals surface area contributed by atoms with Gasteiger partial charge in [0.25, 0.3) is 5.91 Å². The third kappa shape index (κ3) is 4.05. The van der Waals surface area contributed by atoms with Crippen LogP contribution in [0.15, 0.2) is 40.2 Å². The highest BCUT2D eigenvalue weighted by Gasteiger charge is 2.21. The number of fused-ring (bicyclic) bond motifs is 1. The van der Waals surface area contributed by atoms with Crippen molar-refractivity contribution in [2.45, 2.75) is 25.5 Å². The van der Waals surface area contributed by atoms with E-state index in [4.69, 9.17) is 9.47 Å². The van der Waals surface area contributed by atoms with Crippen molar-refractivity contribution in [1.82, 2.24) is 9.88 Å². The zero-order chi connectivity index (χ0) is 18.8. The van der Waals surface area contributed by atoms with Crippen molar-refractivity contribution in [2.75, 3.05) is 20.3 Å². The minimum absolute atomic E-state index is 0.0621. The first kappa shape index (κ1) is 18.5. The lowest BCUT2D eigenvalue weighted by Gasteiger charge is -2.14. The maximum Gasteiger partial charge on any atom is 0.268 e. The number of nitrogens with zero attached hydrogens (tertiary/aromatic N) is 1. The lowest BCUT2D eigenvalue weighted by atomic mass is 10.2. The summed E-state index contributed by atoms with van der Waals surface area (Å²) in [6.07, 6.45) is 2.20. The van der Waals surface area contributed by atoms with Gasteiger partial charge in [-0.3, -0.25) is 4.79 Å². The van der Waals surface area contributed by atoms with E-state index in [1.54, 1.807) is 18.4 Å². The Morgan fingerprint density at radius 2 is 2.30 bits per heavy atom. The van der Waals surface area contributed by atoms with E-state index in [0.717, 1.165) is 44.8 Å². The Labute approximate surface area is 170 Å². The molecule has 1 N–H and O–H groups in total. The second kappa shape index (κ2) is 8.04. The monoisotopic (exact) mass is 448 g/mol. The van der Waals surface area contributed by atoms with Gasteiger partial charge < -0.3 is 19.4 Å². The molecule has 4 rings (SSSR count). The molecule has 1 saturated heterocycles. The number of aromatic nitrogens is 1. The number of benzene rings is 1. The van der Waals surface area contributed by atoms with Crippen LogP contribution in [0.4, 0.5) is 0 Å². The number of hydrogen-bond acceptors (Lipinski definition) is 4. The second-order valence-corrected chi connectivity index (χ2v) is 9.08. The molecule has 3 heterocycles. The van der Waals surface area contributed by atoms with Gasteiger partial charge in [-0.05, 0) is 58.6 Å². The predicted octanol–water partition coefficient (Wildman–Crippen LogP) is 4.43. The minimum atomic E-state index is -0.0621. The van der Waals surface area contributed by atoms with E-state index >= 15 is 0 Å². The SMILES string of the molecule is COc1cccc(Cn2c(C(=O)NC[C@@H]3CCCO3)cc3sc(Br)cc32)c1. The summed E-state index contributed by atoms with van der Waals surface area (Å²) in [6, 6.07) is 12.0. The summed E-state index contributed by atoms with van der Waals surface area (Å²) in [7, 11) is 1.66. The minimum Gasteiger partial charge on any atom is -0.497 e. The maximum absolute atomic E-state index is 12.9. The molecule has 0 radical (unpaired) electrons. The van der Waals surface area contributed by atoms with Crippen LogP contribution in [0.2, 0.25) is 0 Å². The van der Waals surface area contributed by atoms with Gasteiger partial charge in [-0.15, -0.1) is 11.3 Å². The van der Waals surface area contributed by atoms with E-state index in [-0.39, 0.29) is 12.0 Å². The predicted molar refractivity (Wildman–Crippen MR) is 111 cm³/mol. The van der Waals surface area contributed by atoms with Gasteiger partial charge in [0.1, 0.15) is 11.4 Å². The van der Waals surface area contributed by atoms with Gasteiger partial charge >= 0.3 is 0 Å². The third-order valence-electron chi connectivity index (χ3n) is 4.78. The summed E-state index contributed by atoms with van der Waals surface area (Å²) in [5, 5.41) is 3.04. The standard InChI is InChI=1S/C20H21BrN2O3S/c1-25-14-5-2-4-13(8-14)12-23-16-10-19(21)27-18(16)9-17(23)20(24)22-11-15-6-3-7-26-15/h2,4-5,8-10,15H,3,6-7,11-12H2,1H3,(H,22,24)/t15-/m0/s1. The Kier molecular flexibility index (Phi) is 5.52. The lowest BCUT2D eigenvalue weighted by Crippen LogP contribution is -2.33. The van der Waals surface area contributed by atoms with Gasteiger partial charge in [0, 0.05) is 19.7 Å². The zero-order valence-electron chi connectivity index (χ0n) is 15.0. The number of methoxy groups -OCH3 is 1. The molecule has 0 bridgehead atoms. The van der Waals surface area contributed by atoms with Crippen LogP contribution in [0.3, 0.4) is 0 Å². The highest BCUT2D eigenvalue weighted by Crippen LogP contribution is 2.33. The Morgan fingerprint density at radius 1 is 1.41 bits per heavy atom. The average Bonchev–Trinajstić information content (AvgIpc) is 3.38. The number of nitrogens with one attached hydrogen (secondary N) is 1. The van der Waals surface area contributed by atoms with Gasteiger partial charge in [0.2, 0.25) is 0 Å². The summed E-state index contributed by atoms with van der Waals surface area (Å²) in [4.78, 5) is 12.9. The van der Waals surface area contributed by atoms with Crippen LogP contribution in [-0.2, 0) is 11.3 Å². The molecule has 1 aliphatic rings. The van der Waals surface area contributed by atoms with Gasteiger partial charge in [-0.25, -0.2) is 0 Å². The molecule has 2 aromatic heterocycles. The van der Waals surface area contributed by atoms with Crippen LogP contribution >= 0.6 is 27.3 Å². The maximum atomic E-state index is 12.9. The Morgan fingerprint density at radius 3 is 3.07 bits per heavy atom. The largest absolute Gasteiger partial charge is 0.497 e. The molecule has 1 aliphatic heterocycles. The van der Waals surface area contributed by atoms with Crippen molar-refractivity contribution in [3.8, 4) is 5.75 Å². The highest BCUT2D eigenvalue weighted by atomic mass is 79.9. The molecule has 5 nitrogen and oxygen atoms in total. The number of carbonyl (C=O) groups excluding carboxylic acids is 1. The first-order chi connectivity index (χ1) is 13.1. The van der Waals surface area contributed by atoms with E-state index in [1.807, 2.05) is 30.3 Å². The second-order valence-electron chi connectivity index (χ2n) is 6.61. The van der Waals surface area contributed by atoms with Crippen molar-refractivity contribution in [2.24, 2.45) is 0 Å². The number of hydrogen-bond donors (Lipinski definition) is 1. The quantitative estimate of drug-likeness (QED) is 0.606. The number of carbonyl (C=O) groups is 1. The summed E-state index contributed by atoms with van der Waals surface area (Å²) < 4.78 is 15.2. The van der Waals surface area contributed by atoms with E-state index in [0.29, 0.717) is 18.8 Å². The molecule has 0 saturated carbocycles. The number of rotatable bonds is 6. The normalized spacial score (nSPS) is 16.7. The van der Waals surface area contributed by atoms with Crippen LogP contribution < -0.4 is 10.1 Å². The van der Waals surface area contributed by atoms with E-state index in [9.17, 15) is 4.79 Å². The molecular formula is C20H21BrN2O3S. The smallest absolute Gasteiger partial charge is 0.268 e. The third-order valence-corrected chi connectivity index (χ3v) is 6.36. The number of ether oxygens (including phenoxy) is 2. The van der Waals surface area contributed by atoms with Crippen molar-refractivity contribution in [3.05, 3.63) is 51.4 Å². The fourth-order valence-corrected chi connectivity index (χ4v) is 4.99. The van der Waals surface area contributed by atoms with Crippen molar-refractivity contribution >= 4 is 43.4 Å². The number of thiophene rings is 1. The summed E-state index contributed by atoms with van der Waals surface area (Å²) in [5.74, 6) is 0.750. The Balaban J connectivity index is 1.62. The van der Waals surface area contributed by atoms with Gasteiger partial charge in [-0.2, -0.15) is 0 Å². The van der Waals surface area contributed by atoms with Crippen molar-refractivity contribution in [1.29, 1.82) is 0 Å². The molecule has 1 fully saturated rings. The first-order valence-electron chi connectivity index (χ1n) is 8.95. The molecule has 1 atom stereocenters. The molecule has 0 aliphatic carbocycles. The van der Waals surface area contributed by atoms with Crippen molar-refractivity contribution < 1.29 is 14.3 Å². The summed E-state index contributed by atoms with van der Waals surface area (Å²) >= 11 is 5.18. The Bertz CT molecular complexity index is 959. The summed E-state index contributed by atoms with van der Waals surface area (Å²) in [5.41, 5.74) is 2.81. The molecule has 7 heteroatoms. The molecule has 1 aromatic carbocycles. The van der Waals surface area contributed by atoms with Crippen molar-refractivity contribution in [3.63, 3.8) is 0 Å². The molecule has 0 spiro atoms. The fourth-order valence-electron chi connectivity index (χ4n) is 3.43. The van der Waals surface area contributed by atoms with Gasteiger partial charge in [0.15, 0.2) is 0 Å². The average molecular weight is 449 g/mol. The molecule has 3 aromatic rings. The summed E-state index contributed by atoms with van der Waals surface area (Å²) in [6.45, 7) is 1.95.